The predicted octanol–water partition coefficient (Wildman–Crippen LogP) is 4.45. The number of ether oxygens (including phenoxy) is 1. The quantitative estimate of drug-likeness (QED) is 0.480. The molecule has 0 atom stereocenters. The number of nitrogens with zero attached hydrogens (tertiary/aromatic N) is 4. The standard InChI is InChI=1S/C21H19ClN4O2/c1-11-9-15(18-13(3)25-26(4)20(18)23-11)21(27)28-10-17-19(22)12(2)14-7-5-6-8-16(14)24-17/h5-9H,10H2,1-4H3. The molecular weight excluding hydrogens is 376 g/mol. The Balaban J connectivity index is 1.68. The molecule has 0 saturated heterocycles. The van der Waals surface area contributed by atoms with Crippen molar-refractivity contribution in [3.63, 3.8) is 0 Å². The van der Waals surface area contributed by atoms with Crippen LogP contribution in [-0.4, -0.2) is 25.7 Å². The molecule has 0 N–H and O–H groups in total. The fraction of sp³-hybridized carbons (Fsp3) is 0.238. The number of esters is 1. The van der Waals surface area contributed by atoms with Gasteiger partial charge in [-0.3, -0.25) is 4.68 Å². The highest BCUT2D eigenvalue weighted by atomic mass is 35.5. The Morgan fingerprint density at radius 2 is 1.93 bits per heavy atom. The second kappa shape index (κ2) is 6.87. The Labute approximate surface area is 167 Å². The van der Waals surface area contributed by atoms with Crippen molar-refractivity contribution in [3.8, 4) is 0 Å². The van der Waals surface area contributed by atoms with Crippen LogP contribution in [0.25, 0.3) is 21.9 Å². The number of benzene rings is 1. The van der Waals surface area contributed by atoms with Gasteiger partial charge < -0.3 is 4.74 Å². The molecule has 7 heteroatoms. The zero-order valence-corrected chi connectivity index (χ0v) is 16.8. The van der Waals surface area contributed by atoms with Crippen LogP contribution in [0, 0.1) is 20.8 Å². The monoisotopic (exact) mass is 394 g/mol. The Morgan fingerprint density at radius 1 is 1.18 bits per heavy atom. The van der Waals surface area contributed by atoms with Crippen LogP contribution < -0.4 is 0 Å². The van der Waals surface area contributed by atoms with Gasteiger partial charge in [-0.25, -0.2) is 14.8 Å². The average molecular weight is 395 g/mol. The first-order valence-corrected chi connectivity index (χ1v) is 9.26. The van der Waals surface area contributed by atoms with Crippen molar-refractivity contribution in [1.29, 1.82) is 0 Å². The van der Waals surface area contributed by atoms with E-state index in [1.54, 1.807) is 17.8 Å². The van der Waals surface area contributed by atoms with Gasteiger partial charge in [-0.15, -0.1) is 0 Å². The molecule has 0 amide bonds. The molecule has 0 spiro atoms. The third-order valence-corrected chi connectivity index (χ3v) is 5.30. The van der Waals surface area contributed by atoms with Gasteiger partial charge in [0.15, 0.2) is 5.65 Å². The Bertz CT molecular complexity index is 1250. The summed E-state index contributed by atoms with van der Waals surface area (Å²) < 4.78 is 7.24. The van der Waals surface area contributed by atoms with Crippen molar-refractivity contribution < 1.29 is 9.53 Å². The first-order valence-electron chi connectivity index (χ1n) is 8.88. The second-order valence-electron chi connectivity index (χ2n) is 6.81. The summed E-state index contributed by atoms with van der Waals surface area (Å²) in [4.78, 5) is 21.9. The average Bonchev–Trinajstić information content (AvgIpc) is 2.96. The van der Waals surface area contributed by atoms with E-state index in [0.29, 0.717) is 27.3 Å². The van der Waals surface area contributed by atoms with Crippen molar-refractivity contribution in [2.24, 2.45) is 7.05 Å². The van der Waals surface area contributed by atoms with Gasteiger partial charge in [0.1, 0.15) is 6.61 Å². The van der Waals surface area contributed by atoms with Gasteiger partial charge in [-0.05, 0) is 38.5 Å². The van der Waals surface area contributed by atoms with Crippen LogP contribution in [0.3, 0.4) is 0 Å². The summed E-state index contributed by atoms with van der Waals surface area (Å²) in [6.07, 6.45) is 0. The topological polar surface area (TPSA) is 69.9 Å². The van der Waals surface area contributed by atoms with Crippen LogP contribution in [0.15, 0.2) is 30.3 Å². The Kier molecular flexibility index (Phi) is 4.51. The van der Waals surface area contributed by atoms with Crippen LogP contribution in [0.2, 0.25) is 5.02 Å². The molecule has 0 aliphatic carbocycles. The molecule has 3 aromatic heterocycles. The molecule has 4 aromatic rings. The summed E-state index contributed by atoms with van der Waals surface area (Å²) in [6.45, 7) is 5.61. The van der Waals surface area contributed by atoms with E-state index in [-0.39, 0.29) is 6.61 Å². The van der Waals surface area contributed by atoms with E-state index in [2.05, 4.69) is 15.1 Å². The van der Waals surface area contributed by atoms with Gasteiger partial charge in [0.05, 0.1) is 32.9 Å². The molecule has 0 bridgehead atoms. The maximum Gasteiger partial charge on any atom is 0.339 e. The third kappa shape index (κ3) is 2.99. The molecule has 0 aliphatic rings. The SMILES string of the molecule is Cc1cc(C(=O)OCc2nc3ccccc3c(C)c2Cl)c2c(C)nn(C)c2n1. The van der Waals surface area contributed by atoms with Crippen LogP contribution in [0.5, 0.6) is 0 Å². The van der Waals surface area contributed by atoms with Crippen molar-refractivity contribution in [2.45, 2.75) is 27.4 Å². The van der Waals surface area contributed by atoms with Gasteiger partial charge in [-0.1, -0.05) is 29.8 Å². The van der Waals surface area contributed by atoms with E-state index in [1.165, 1.54) is 0 Å². The fourth-order valence-electron chi connectivity index (χ4n) is 3.46. The van der Waals surface area contributed by atoms with Crippen molar-refractivity contribution >= 4 is 39.5 Å². The summed E-state index contributed by atoms with van der Waals surface area (Å²) >= 11 is 6.47. The van der Waals surface area contributed by atoms with Crippen LogP contribution >= 0.6 is 11.6 Å². The number of carbonyl (C=O) groups is 1. The van der Waals surface area contributed by atoms with E-state index in [9.17, 15) is 4.79 Å². The molecule has 0 radical (unpaired) electrons. The summed E-state index contributed by atoms with van der Waals surface area (Å²) in [6, 6.07) is 9.47. The lowest BCUT2D eigenvalue weighted by atomic mass is 10.1. The number of para-hydroxylation sites is 1. The number of carbonyl (C=O) groups excluding carboxylic acids is 1. The predicted molar refractivity (Wildman–Crippen MR) is 109 cm³/mol. The van der Waals surface area contributed by atoms with Gasteiger partial charge >= 0.3 is 5.97 Å². The molecule has 0 fully saturated rings. The molecule has 142 valence electrons. The van der Waals surface area contributed by atoms with Crippen LogP contribution in [0.1, 0.15) is 33.0 Å². The molecule has 4 rings (SSSR count). The minimum absolute atomic E-state index is 0.00842. The zero-order valence-electron chi connectivity index (χ0n) is 16.1. The summed E-state index contributed by atoms with van der Waals surface area (Å²) in [5, 5.41) is 6.57. The third-order valence-electron chi connectivity index (χ3n) is 4.80. The smallest absolute Gasteiger partial charge is 0.339 e. The first-order chi connectivity index (χ1) is 13.4. The molecular formula is C21H19ClN4O2. The molecule has 0 aliphatic heterocycles. The fourth-order valence-corrected chi connectivity index (χ4v) is 3.65. The number of halogens is 1. The largest absolute Gasteiger partial charge is 0.456 e. The minimum Gasteiger partial charge on any atom is -0.456 e. The summed E-state index contributed by atoms with van der Waals surface area (Å²) in [5.41, 5.74) is 4.83. The van der Waals surface area contributed by atoms with Crippen LogP contribution in [0.4, 0.5) is 0 Å². The first kappa shape index (κ1) is 18.4. The van der Waals surface area contributed by atoms with Crippen molar-refractivity contribution in [3.05, 3.63) is 63.6 Å². The Hall–Kier alpha value is -2.99. The number of hydrogen-bond donors (Lipinski definition) is 0. The maximum atomic E-state index is 12.8. The number of aryl methyl sites for hydroxylation is 4. The number of pyridine rings is 2. The lowest BCUT2D eigenvalue weighted by molar-refractivity contribution is 0.0470. The highest BCUT2D eigenvalue weighted by Gasteiger charge is 2.20. The highest BCUT2D eigenvalue weighted by molar-refractivity contribution is 6.32. The number of hydrogen-bond acceptors (Lipinski definition) is 5. The molecule has 6 nitrogen and oxygen atoms in total. The lowest BCUT2D eigenvalue weighted by Gasteiger charge is -2.11. The van der Waals surface area contributed by atoms with Gasteiger partial charge in [0.2, 0.25) is 0 Å². The van der Waals surface area contributed by atoms with Gasteiger partial charge in [-0.2, -0.15) is 5.10 Å². The minimum atomic E-state index is -0.449. The van der Waals surface area contributed by atoms with Crippen molar-refractivity contribution in [1.82, 2.24) is 19.7 Å². The van der Waals surface area contributed by atoms with E-state index in [1.807, 2.05) is 45.0 Å². The molecule has 28 heavy (non-hydrogen) atoms. The molecule has 3 heterocycles. The summed E-state index contributed by atoms with van der Waals surface area (Å²) in [5.74, 6) is -0.449. The molecule has 1 aromatic carbocycles. The van der Waals surface area contributed by atoms with Crippen LogP contribution in [-0.2, 0) is 18.4 Å². The normalized spacial score (nSPS) is 11.3. The van der Waals surface area contributed by atoms with Gasteiger partial charge in [0, 0.05) is 18.1 Å². The zero-order chi connectivity index (χ0) is 20.0. The Morgan fingerprint density at radius 3 is 2.71 bits per heavy atom. The van der Waals surface area contributed by atoms with Gasteiger partial charge in [0.25, 0.3) is 0 Å². The number of fused-ring (bicyclic) bond motifs is 2. The number of rotatable bonds is 3. The molecule has 0 saturated carbocycles. The number of aromatic nitrogens is 4. The lowest BCUT2D eigenvalue weighted by Crippen LogP contribution is -2.09. The molecule has 0 unspecified atom stereocenters. The van der Waals surface area contributed by atoms with E-state index in [0.717, 1.165) is 27.9 Å². The van der Waals surface area contributed by atoms with Crippen molar-refractivity contribution in [2.75, 3.05) is 0 Å². The second-order valence-corrected chi connectivity index (χ2v) is 7.19. The summed E-state index contributed by atoms with van der Waals surface area (Å²) in [7, 11) is 1.80. The highest BCUT2D eigenvalue weighted by Crippen LogP contribution is 2.28. The van der Waals surface area contributed by atoms with E-state index in [4.69, 9.17) is 16.3 Å². The van der Waals surface area contributed by atoms with E-state index >= 15 is 0 Å². The maximum absolute atomic E-state index is 12.8. The van der Waals surface area contributed by atoms with E-state index < -0.39 is 5.97 Å².